The molecule has 2 aromatic heterocycles. The largest absolute Gasteiger partial charge is 0.477 e. The Labute approximate surface area is 109 Å². The van der Waals surface area contributed by atoms with Gasteiger partial charge >= 0.3 is 5.97 Å². The number of aryl methyl sites for hydroxylation is 1. The summed E-state index contributed by atoms with van der Waals surface area (Å²) in [5.74, 6) is -1.15. The molecule has 0 aliphatic heterocycles. The third-order valence-corrected chi connectivity index (χ3v) is 2.35. The third kappa shape index (κ3) is 2.75. The Morgan fingerprint density at radius 2 is 2.06 bits per heavy atom. The number of hydrogen-bond acceptors (Lipinski definition) is 3. The van der Waals surface area contributed by atoms with Crippen LogP contribution in [0.15, 0.2) is 35.3 Å². The van der Waals surface area contributed by atoms with Crippen molar-refractivity contribution >= 4 is 18.4 Å². The second-order valence-electron chi connectivity index (χ2n) is 3.61. The molecular formula is C12H11ClN2O3. The van der Waals surface area contributed by atoms with Gasteiger partial charge in [-0.25, -0.2) is 4.79 Å². The molecular weight excluding hydrogens is 256 g/mol. The van der Waals surface area contributed by atoms with Crippen LogP contribution in [-0.4, -0.2) is 21.0 Å². The van der Waals surface area contributed by atoms with Gasteiger partial charge in [0.15, 0.2) is 0 Å². The molecule has 0 atom stereocenters. The fourth-order valence-corrected chi connectivity index (χ4v) is 1.54. The summed E-state index contributed by atoms with van der Waals surface area (Å²) in [5.41, 5.74) is 1.40. The number of H-pyrrole nitrogens is 1. The van der Waals surface area contributed by atoms with Crippen LogP contribution >= 0.6 is 12.4 Å². The minimum absolute atomic E-state index is 0. The van der Waals surface area contributed by atoms with Crippen molar-refractivity contribution in [1.82, 2.24) is 9.97 Å². The van der Waals surface area contributed by atoms with Crippen LogP contribution in [0.2, 0.25) is 0 Å². The number of hydrogen-bond donors (Lipinski definition) is 2. The van der Waals surface area contributed by atoms with Crippen LogP contribution < -0.4 is 5.56 Å². The summed E-state index contributed by atoms with van der Waals surface area (Å²) in [7, 11) is 0. The van der Waals surface area contributed by atoms with Gasteiger partial charge < -0.3 is 10.1 Å². The summed E-state index contributed by atoms with van der Waals surface area (Å²) < 4.78 is 0. The molecule has 0 saturated heterocycles. The molecule has 0 saturated carbocycles. The lowest BCUT2D eigenvalue weighted by atomic mass is 10.1. The van der Waals surface area contributed by atoms with Crippen LogP contribution in [0.4, 0.5) is 0 Å². The Morgan fingerprint density at radius 1 is 1.33 bits per heavy atom. The van der Waals surface area contributed by atoms with E-state index in [1.165, 1.54) is 12.1 Å². The first-order valence-corrected chi connectivity index (χ1v) is 4.97. The zero-order valence-electron chi connectivity index (χ0n) is 9.51. The molecule has 0 amide bonds. The van der Waals surface area contributed by atoms with E-state index in [2.05, 4.69) is 9.97 Å². The number of carboxylic acid groups (broad SMARTS) is 1. The van der Waals surface area contributed by atoms with Crippen molar-refractivity contribution < 1.29 is 9.90 Å². The van der Waals surface area contributed by atoms with E-state index in [0.717, 1.165) is 11.3 Å². The number of carbonyl (C=O) groups is 1. The smallest absolute Gasteiger partial charge is 0.352 e. The van der Waals surface area contributed by atoms with Crippen LogP contribution in [0, 0.1) is 6.92 Å². The predicted octanol–water partition coefficient (Wildman–Crippen LogP) is 1.87. The molecule has 2 heterocycles. The maximum atomic E-state index is 11.7. The van der Waals surface area contributed by atoms with E-state index in [1.54, 1.807) is 18.3 Å². The normalized spacial score (nSPS) is 9.61. The number of aromatic nitrogens is 2. The van der Waals surface area contributed by atoms with Crippen LogP contribution in [0.5, 0.6) is 0 Å². The number of rotatable bonds is 2. The lowest BCUT2D eigenvalue weighted by molar-refractivity contribution is 0.0690. The van der Waals surface area contributed by atoms with Crippen LogP contribution in [0.3, 0.4) is 0 Å². The van der Waals surface area contributed by atoms with Gasteiger partial charge in [0.1, 0.15) is 5.69 Å². The van der Waals surface area contributed by atoms with Gasteiger partial charge in [-0.15, -0.1) is 12.4 Å². The van der Waals surface area contributed by atoms with Gasteiger partial charge in [0.25, 0.3) is 5.56 Å². The maximum Gasteiger partial charge on any atom is 0.352 e. The molecule has 0 aromatic carbocycles. The lowest BCUT2D eigenvalue weighted by Crippen LogP contribution is -2.14. The average Bonchev–Trinajstić information content (AvgIpc) is 2.28. The monoisotopic (exact) mass is 266 g/mol. The summed E-state index contributed by atoms with van der Waals surface area (Å²) >= 11 is 0. The summed E-state index contributed by atoms with van der Waals surface area (Å²) in [6, 6.07) is 6.34. The molecule has 2 N–H and O–H groups in total. The number of nitrogens with one attached hydrogen (secondary N) is 1. The van der Waals surface area contributed by atoms with Crippen molar-refractivity contribution in [2.75, 3.05) is 0 Å². The van der Waals surface area contributed by atoms with Crippen molar-refractivity contribution in [3.63, 3.8) is 0 Å². The molecule has 6 heteroatoms. The zero-order chi connectivity index (χ0) is 12.4. The van der Waals surface area contributed by atoms with E-state index in [0.29, 0.717) is 5.56 Å². The highest BCUT2D eigenvalue weighted by Crippen LogP contribution is 2.14. The molecule has 2 aromatic rings. The fourth-order valence-electron chi connectivity index (χ4n) is 1.54. The van der Waals surface area contributed by atoms with Gasteiger partial charge in [0.2, 0.25) is 0 Å². The molecule has 5 nitrogen and oxygen atoms in total. The Hall–Kier alpha value is -2.14. The SMILES string of the molecule is Cc1cc(-c2ccc(C(=O)O)[nH]c2=O)ccn1.Cl. The predicted molar refractivity (Wildman–Crippen MR) is 69.2 cm³/mol. The van der Waals surface area contributed by atoms with E-state index in [-0.39, 0.29) is 18.1 Å². The second kappa shape index (κ2) is 5.46. The van der Waals surface area contributed by atoms with E-state index in [1.807, 2.05) is 6.92 Å². The highest BCUT2D eigenvalue weighted by molar-refractivity contribution is 5.86. The van der Waals surface area contributed by atoms with Crippen LogP contribution in [0.25, 0.3) is 11.1 Å². The van der Waals surface area contributed by atoms with Gasteiger partial charge in [-0.05, 0) is 36.8 Å². The number of halogens is 1. The molecule has 94 valence electrons. The molecule has 0 aliphatic carbocycles. The zero-order valence-corrected chi connectivity index (χ0v) is 10.3. The van der Waals surface area contributed by atoms with Crippen molar-refractivity contribution in [3.8, 4) is 11.1 Å². The van der Waals surface area contributed by atoms with E-state index < -0.39 is 11.5 Å². The highest BCUT2D eigenvalue weighted by atomic mass is 35.5. The Kier molecular flexibility index (Phi) is 4.23. The van der Waals surface area contributed by atoms with Gasteiger partial charge in [0.05, 0.1) is 0 Å². The Balaban J connectivity index is 0.00000162. The summed E-state index contributed by atoms with van der Waals surface area (Å²) in [6.07, 6.45) is 1.61. The van der Waals surface area contributed by atoms with Gasteiger partial charge in [0, 0.05) is 17.5 Å². The Bertz CT molecular complexity index is 637. The Morgan fingerprint density at radius 3 is 2.61 bits per heavy atom. The first-order valence-electron chi connectivity index (χ1n) is 4.97. The summed E-state index contributed by atoms with van der Waals surface area (Å²) in [5, 5.41) is 8.73. The summed E-state index contributed by atoms with van der Waals surface area (Å²) in [4.78, 5) is 28.7. The molecule has 0 bridgehead atoms. The number of nitrogens with zero attached hydrogens (tertiary/aromatic N) is 1. The molecule has 2 rings (SSSR count). The molecule has 0 spiro atoms. The standard InChI is InChI=1S/C12H10N2O3.ClH/c1-7-6-8(4-5-13-7)9-2-3-10(12(16)17)14-11(9)15;/h2-6H,1H3,(H,14,15)(H,16,17);1H. The van der Waals surface area contributed by atoms with E-state index >= 15 is 0 Å². The van der Waals surface area contributed by atoms with Crippen molar-refractivity contribution in [2.24, 2.45) is 0 Å². The van der Waals surface area contributed by atoms with Gasteiger partial charge in [-0.3, -0.25) is 9.78 Å². The van der Waals surface area contributed by atoms with E-state index in [9.17, 15) is 9.59 Å². The molecule has 0 unspecified atom stereocenters. The first-order chi connectivity index (χ1) is 8.08. The second-order valence-corrected chi connectivity index (χ2v) is 3.61. The van der Waals surface area contributed by atoms with Crippen molar-refractivity contribution in [1.29, 1.82) is 0 Å². The fraction of sp³-hybridized carbons (Fsp3) is 0.0833. The molecule has 0 radical (unpaired) electrons. The summed E-state index contributed by atoms with van der Waals surface area (Å²) in [6.45, 7) is 1.82. The number of aromatic carboxylic acids is 1. The minimum atomic E-state index is -1.15. The average molecular weight is 267 g/mol. The maximum absolute atomic E-state index is 11.7. The number of carboxylic acids is 1. The number of pyridine rings is 2. The molecule has 0 fully saturated rings. The first kappa shape index (κ1) is 13.9. The van der Waals surface area contributed by atoms with Gasteiger partial charge in [-0.2, -0.15) is 0 Å². The molecule has 18 heavy (non-hydrogen) atoms. The lowest BCUT2D eigenvalue weighted by Gasteiger charge is -2.02. The van der Waals surface area contributed by atoms with Crippen LogP contribution in [0.1, 0.15) is 16.2 Å². The van der Waals surface area contributed by atoms with E-state index in [4.69, 9.17) is 5.11 Å². The topological polar surface area (TPSA) is 83.0 Å². The molecule has 0 aliphatic rings. The van der Waals surface area contributed by atoms with Crippen molar-refractivity contribution in [2.45, 2.75) is 6.92 Å². The van der Waals surface area contributed by atoms with Crippen molar-refractivity contribution in [3.05, 3.63) is 52.2 Å². The third-order valence-electron chi connectivity index (χ3n) is 2.35. The minimum Gasteiger partial charge on any atom is -0.477 e. The quantitative estimate of drug-likeness (QED) is 0.869. The van der Waals surface area contributed by atoms with Gasteiger partial charge in [-0.1, -0.05) is 0 Å². The number of aromatic amines is 1. The highest BCUT2D eigenvalue weighted by Gasteiger charge is 2.08. The van der Waals surface area contributed by atoms with Crippen LogP contribution in [-0.2, 0) is 0 Å².